The van der Waals surface area contributed by atoms with Crippen molar-refractivity contribution in [1.29, 1.82) is 0 Å². The van der Waals surface area contributed by atoms with E-state index in [2.05, 4.69) is 10.2 Å². The molecule has 62 valence electrons. The lowest BCUT2D eigenvalue weighted by molar-refractivity contribution is 0.356. The van der Waals surface area contributed by atoms with E-state index in [4.69, 9.17) is 10.5 Å². The van der Waals surface area contributed by atoms with E-state index in [-0.39, 0.29) is 0 Å². The summed E-state index contributed by atoms with van der Waals surface area (Å²) < 4.78 is 6.79. The number of aromatic nitrogens is 3. The van der Waals surface area contributed by atoms with Gasteiger partial charge in [-0.2, -0.15) is 0 Å². The third kappa shape index (κ3) is 1.32. The van der Waals surface area contributed by atoms with Crippen LogP contribution in [0.4, 0.5) is 0 Å². The van der Waals surface area contributed by atoms with Crippen molar-refractivity contribution in [2.24, 2.45) is 5.73 Å². The molecule has 1 heterocycles. The highest BCUT2D eigenvalue weighted by molar-refractivity contribution is 4.99. The van der Waals surface area contributed by atoms with Crippen LogP contribution in [0.25, 0.3) is 0 Å². The van der Waals surface area contributed by atoms with Gasteiger partial charge in [-0.25, -0.2) is 0 Å². The van der Waals surface area contributed by atoms with Gasteiger partial charge in [-0.05, 0) is 6.92 Å². The molecule has 1 aromatic heterocycles. The Morgan fingerprint density at radius 3 is 2.73 bits per heavy atom. The maximum Gasteiger partial charge on any atom is 0.316 e. The highest BCUT2D eigenvalue weighted by atomic mass is 16.5. The molecule has 2 N–H and O–H groups in total. The molecule has 1 rings (SSSR count). The minimum atomic E-state index is 0.393. The summed E-state index contributed by atoms with van der Waals surface area (Å²) in [6.45, 7) is 3.16. The number of hydrogen-bond donors (Lipinski definition) is 1. The predicted octanol–water partition coefficient (Wildman–Crippen LogP) is -0.235. The average molecular weight is 156 g/mol. The van der Waals surface area contributed by atoms with Gasteiger partial charge in [0.25, 0.3) is 0 Å². The predicted molar refractivity (Wildman–Crippen MR) is 40.1 cm³/mol. The standard InChI is InChI=1S/C6H12N4O/c1-3-10-5(4-7)8-9-6(10)11-2/h3-4,7H2,1-2H3. The Hall–Kier alpha value is -1.10. The van der Waals surface area contributed by atoms with E-state index >= 15 is 0 Å². The largest absolute Gasteiger partial charge is 0.467 e. The van der Waals surface area contributed by atoms with Crippen LogP contribution in [-0.2, 0) is 13.1 Å². The molecule has 0 atom stereocenters. The van der Waals surface area contributed by atoms with Gasteiger partial charge >= 0.3 is 6.01 Å². The molecular weight excluding hydrogens is 144 g/mol. The Morgan fingerprint density at radius 1 is 1.55 bits per heavy atom. The number of nitrogens with two attached hydrogens (primary N) is 1. The minimum Gasteiger partial charge on any atom is -0.467 e. The van der Waals surface area contributed by atoms with Gasteiger partial charge in [-0.3, -0.25) is 4.57 Å². The van der Waals surface area contributed by atoms with Gasteiger partial charge in [0.2, 0.25) is 0 Å². The molecule has 0 radical (unpaired) electrons. The first kappa shape index (κ1) is 8.00. The van der Waals surface area contributed by atoms with Crippen LogP contribution in [0.3, 0.4) is 0 Å². The Labute approximate surface area is 65.2 Å². The van der Waals surface area contributed by atoms with Crippen molar-refractivity contribution in [3.8, 4) is 6.01 Å². The molecule has 0 aliphatic carbocycles. The summed E-state index contributed by atoms with van der Waals surface area (Å²) in [5, 5.41) is 7.63. The van der Waals surface area contributed by atoms with Crippen LogP contribution >= 0.6 is 0 Å². The Bertz CT molecular complexity index is 211. The van der Waals surface area contributed by atoms with Gasteiger partial charge in [0.05, 0.1) is 13.7 Å². The van der Waals surface area contributed by atoms with Gasteiger partial charge in [0.15, 0.2) is 0 Å². The summed E-state index contributed by atoms with van der Waals surface area (Å²) in [7, 11) is 1.57. The summed E-state index contributed by atoms with van der Waals surface area (Å²) in [5.41, 5.74) is 5.42. The fourth-order valence-corrected chi connectivity index (χ4v) is 0.939. The van der Waals surface area contributed by atoms with Crippen molar-refractivity contribution < 1.29 is 4.74 Å². The highest BCUT2D eigenvalue weighted by Gasteiger charge is 2.07. The molecular formula is C6H12N4O. The molecule has 0 amide bonds. The number of methoxy groups -OCH3 is 1. The van der Waals surface area contributed by atoms with E-state index in [0.717, 1.165) is 12.4 Å². The van der Waals surface area contributed by atoms with Gasteiger partial charge in [0.1, 0.15) is 5.82 Å². The van der Waals surface area contributed by atoms with Gasteiger partial charge in [-0.15, -0.1) is 5.10 Å². The molecule has 5 nitrogen and oxygen atoms in total. The van der Waals surface area contributed by atoms with Crippen molar-refractivity contribution >= 4 is 0 Å². The zero-order valence-electron chi connectivity index (χ0n) is 6.74. The lowest BCUT2D eigenvalue weighted by Gasteiger charge is -2.02. The van der Waals surface area contributed by atoms with Crippen LogP contribution in [0.5, 0.6) is 6.01 Å². The minimum absolute atomic E-state index is 0.393. The highest BCUT2D eigenvalue weighted by Crippen LogP contribution is 2.07. The first-order valence-electron chi connectivity index (χ1n) is 3.49. The van der Waals surface area contributed by atoms with E-state index in [1.807, 2.05) is 11.5 Å². The van der Waals surface area contributed by atoms with E-state index in [1.54, 1.807) is 7.11 Å². The second-order valence-electron chi connectivity index (χ2n) is 2.05. The summed E-state index contributed by atoms with van der Waals surface area (Å²) in [5.74, 6) is 0.754. The fourth-order valence-electron chi connectivity index (χ4n) is 0.939. The lowest BCUT2D eigenvalue weighted by Crippen LogP contribution is -2.08. The second-order valence-corrected chi connectivity index (χ2v) is 2.05. The van der Waals surface area contributed by atoms with Crippen LogP contribution in [0.15, 0.2) is 0 Å². The third-order valence-corrected chi connectivity index (χ3v) is 1.47. The topological polar surface area (TPSA) is 66.0 Å². The molecule has 0 unspecified atom stereocenters. The van der Waals surface area contributed by atoms with Gasteiger partial charge < -0.3 is 10.5 Å². The quantitative estimate of drug-likeness (QED) is 0.656. The number of nitrogens with zero attached hydrogens (tertiary/aromatic N) is 3. The van der Waals surface area contributed by atoms with Crippen molar-refractivity contribution in [2.75, 3.05) is 7.11 Å². The first-order chi connectivity index (χ1) is 5.33. The average Bonchev–Trinajstić information content (AvgIpc) is 2.45. The molecule has 11 heavy (non-hydrogen) atoms. The molecule has 1 aromatic rings. The van der Waals surface area contributed by atoms with Crippen LogP contribution in [0, 0.1) is 0 Å². The van der Waals surface area contributed by atoms with Crippen molar-refractivity contribution in [1.82, 2.24) is 14.8 Å². The summed E-state index contributed by atoms with van der Waals surface area (Å²) >= 11 is 0. The Kier molecular flexibility index (Phi) is 2.43. The Morgan fingerprint density at radius 2 is 2.27 bits per heavy atom. The molecule has 0 saturated carbocycles. The lowest BCUT2D eigenvalue weighted by atomic mass is 10.6. The molecule has 5 heteroatoms. The molecule has 0 bridgehead atoms. The maximum absolute atomic E-state index is 5.42. The number of rotatable bonds is 3. The smallest absolute Gasteiger partial charge is 0.316 e. The molecule has 0 aliphatic rings. The summed E-state index contributed by atoms with van der Waals surface area (Å²) in [6, 6.07) is 0.521. The Balaban J connectivity index is 2.99. The van der Waals surface area contributed by atoms with E-state index < -0.39 is 0 Å². The molecule has 0 saturated heterocycles. The van der Waals surface area contributed by atoms with E-state index in [9.17, 15) is 0 Å². The number of ether oxygens (including phenoxy) is 1. The SMILES string of the molecule is CCn1c(CN)nnc1OC. The van der Waals surface area contributed by atoms with E-state index in [1.165, 1.54) is 0 Å². The van der Waals surface area contributed by atoms with E-state index in [0.29, 0.717) is 12.6 Å². The summed E-state index contributed by atoms with van der Waals surface area (Å²) in [6.07, 6.45) is 0. The summed E-state index contributed by atoms with van der Waals surface area (Å²) in [4.78, 5) is 0. The monoisotopic (exact) mass is 156 g/mol. The van der Waals surface area contributed by atoms with Crippen LogP contribution in [-0.4, -0.2) is 21.9 Å². The maximum atomic E-state index is 5.42. The third-order valence-electron chi connectivity index (χ3n) is 1.47. The zero-order valence-corrected chi connectivity index (χ0v) is 6.74. The van der Waals surface area contributed by atoms with Crippen molar-refractivity contribution in [3.05, 3.63) is 5.82 Å². The normalized spacial score (nSPS) is 10.1. The van der Waals surface area contributed by atoms with Crippen molar-refractivity contribution in [2.45, 2.75) is 20.0 Å². The van der Waals surface area contributed by atoms with Crippen LogP contribution < -0.4 is 10.5 Å². The second kappa shape index (κ2) is 3.34. The van der Waals surface area contributed by atoms with Crippen LogP contribution in [0.2, 0.25) is 0 Å². The van der Waals surface area contributed by atoms with Gasteiger partial charge in [-0.1, -0.05) is 5.10 Å². The number of hydrogen-bond acceptors (Lipinski definition) is 4. The van der Waals surface area contributed by atoms with Crippen LogP contribution in [0.1, 0.15) is 12.7 Å². The molecule has 0 aliphatic heterocycles. The van der Waals surface area contributed by atoms with Gasteiger partial charge in [0, 0.05) is 6.54 Å². The van der Waals surface area contributed by atoms with Crippen molar-refractivity contribution in [3.63, 3.8) is 0 Å². The first-order valence-corrected chi connectivity index (χ1v) is 3.49. The molecule has 0 spiro atoms. The molecule has 0 fully saturated rings. The zero-order chi connectivity index (χ0) is 8.27. The molecule has 0 aromatic carbocycles. The fraction of sp³-hybridized carbons (Fsp3) is 0.667.